The second kappa shape index (κ2) is 21.3. The van der Waals surface area contributed by atoms with Crippen LogP contribution < -0.4 is 21.7 Å². The molecule has 156 valence electrons. The average molecular weight is 375 g/mol. The van der Waals surface area contributed by atoms with Gasteiger partial charge in [0, 0.05) is 19.0 Å². The van der Waals surface area contributed by atoms with Gasteiger partial charge in [-0.25, -0.2) is 0 Å². The summed E-state index contributed by atoms with van der Waals surface area (Å²) in [5.74, 6) is -0.533. The van der Waals surface area contributed by atoms with E-state index < -0.39 is 0 Å². The van der Waals surface area contributed by atoms with Crippen molar-refractivity contribution in [1.82, 2.24) is 16.0 Å². The van der Waals surface area contributed by atoms with E-state index in [4.69, 9.17) is 5.73 Å². The first-order valence-corrected chi connectivity index (χ1v) is 9.12. The van der Waals surface area contributed by atoms with Gasteiger partial charge in [-0.15, -0.1) is 6.58 Å². The molecule has 0 aliphatic rings. The molecular weight excluding hydrogens is 332 g/mol. The van der Waals surface area contributed by atoms with Crippen molar-refractivity contribution in [3.63, 3.8) is 0 Å². The van der Waals surface area contributed by atoms with Gasteiger partial charge in [0.15, 0.2) is 0 Å². The Bertz CT molecular complexity index is 369. The lowest BCUT2D eigenvalue weighted by Gasteiger charge is -2.27. The maximum Gasteiger partial charge on any atom is 0.235 e. The third-order valence-corrected chi connectivity index (χ3v) is 2.72. The smallest absolute Gasteiger partial charge is 0.235 e. The van der Waals surface area contributed by atoms with Crippen LogP contribution in [-0.4, -0.2) is 49.3 Å². The molecule has 0 radical (unpaired) electrons. The van der Waals surface area contributed by atoms with E-state index in [2.05, 4.69) is 36.4 Å². The fraction of sp³-hybridized carbons (Fsp3) is 0.737. The molecule has 0 fully saturated rings. The molecule has 0 spiro atoms. The second-order valence-electron chi connectivity index (χ2n) is 5.61. The summed E-state index contributed by atoms with van der Waals surface area (Å²) in [5.41, 5.74) is 5.14. The molecule has 26 heavy (non-hydrogen) atoms. The van der Waals surface area contributed by atoms with E-state index in [-0.39, 0.29) is 35.7 Å². The highest BCUT2D eigenvalue weighted by Gasteiger charge is 2.19. The number of rotatable bonds is 9. The number of hydrogen-bond donors (Lipinski definition) is 4. The number of amides is 2. The number of nitrogens with one attached hydrogen (secondary N) is 3. The maximum absolute atomic E-state index is 10.9. The lowest BCUT2D eigenvalue weighted by molar-refractivity contribution is -0.123. The van der Waals surface area contributed by atoms with Crippen molar-refractivity contribution < 1.29 is 14.4 Å². The van der Waals surface area contributed by atoms with Gasteiger partial charge in [0.05, 0.1) is 12.6 Å². The summed E-state index contributed by atoms with van der Waals surface area (Å²) in [6.45, 7) is 19.3. The fourth-order valence-corrected chi connectivity index (χ4v) is 1.41. The molecule has 0 rings (SSSR count). The molecule has 1 unspecified atom stereocenters. The van der Waals surface area contributed by atoms with Gasteiger partial charge in [-0.05, 0) is 34.2 Å². The molecule has 2 amide bonds. The molecule has 0 aromatic heterocycles. The minimum Gasteiger partial charge on any atom is -0.368 e. The van der Waals surface area contributed by atoms with Gasteiger partial charge >= 0.3 is 0 Å². The van der Waals surface area contributed by atoms with Crippen LogP contribution in [0.4, 0.5) is 0 Å². The quantitative estimate of drug-likeness (QED) is 0.459. The normalized spacial score (nSPS) is 10.3. The first kappa shape index (κ1) is 32.0. The van der Waals surface area contributed by atoms with Gasteiger partial charge in [-0.3, -0.25) is 14.4 Å². The number of Topliss-reactive ketones (excluding diaryl/α,β-unsaturated/α-hetero) is 1. The van der Waals surface area contributed by atoms with E-state index in [9.17, 15) is 14.4 Å². The zero-order valence-electron chi connectivity index (χ0n) is 18.3. The van der Waals surface area contributed by atoms with Crippen molar-refractivity contribution in [1.29, 1.82) is 0 Å². The van der Waals surface area contributed by atoms with E-state index in [0.29, 0.717) is 6.54 Å². The van der Waals surface area contributed by atoms with Crippen LogP contribution in [0.1, 0.15) is 61.8 Å². The summed E-state index contributed by atoms with van der Waals surface area (Å²) in [4.78, 5) is 31.1. The zero-order valence-corrected chi connectivity index (χ0v) is 18.3. The van der Waals surface area contributed by atoms with E-state index in [0.717, 1.165) is 6.42 Å². The molecule has 7 nitrogen and oxygen atoms in total. The van der Waals surface area contributed by atoms with Crippen LogP contribution in [0.5, 0.6) is 0 Å². The van der Waals surface area contributed by atoms with E-state index in [1.807, 2.05) is 33.8 Å². The zero-order chi connectivity index (χ0) is 21.8. The second-order valence-corrected chi connectivity index (χ2v) is 5.61. The van der Waals surface area contributed by atoms with Crippen molar-refractivity contribution in [3.05, 3.63) is 12.7 Å². The summed E-state index contributed by atoms with van der Waals surface area (Å²) in [6, 6.07) is -0.320. The van der Waals surface area contributed by atoms with Crippen LogP contribution >= 0.6 is 0 Å². The Hall–Kier alpha value is -1.73. The molecule has 0 saturated heterocycles. The van der Waals surface area contributed by atoms with Crippen molar-refractivity contribution in [2.75, 3.05) is 20.1 Å². The molecule has 0 bridgehead atoms. The molecule has 0 saturated carbocycles. The van der Waals surface area contributed by atoms with Crippen LogP contribution in [0.3, 0.4) is 0 Å². The van der Waals surface area contributed by atoms with Gasteiger partial charge in [0.25, 0.3) is 0 Å². The average Bonchev–Trinajstić information content (AvgIpc) is 2.57. The summed E-state index contributed by atoms with van der Waals surface area (Å²) in [5, 5.41) is 8.47. The Morgan fingerprint density at radius 2 is 1.58 bits per heavy atom. The predicted octanol–water partition coefficient (Wildman–Crippen LogP) is 1.77. The van der Waals surface area contributed by atoms with Gasteiger partial charge in [-0.1, -0.05) is 33.8 Å². The minimum atomic E-state index is -0.339. The minimum absolute atomic E-state index is 0.0276. The number of likely N-dealkylation sites (N-methyl/N-ethyl adjacent to an activating group) is 1. The maximum atomic E-state index is 10.9. The third kappa shape index (κ3) is 27.1. The molecule has 5 N–H and O–H groups in total. The van der Waals surface area contributed by atoms with Gasteiger partial charge < -0.3 is 21.7 Å². The van der Waals surface area contributed by atoms with Crippen molar-refractivity contribution in [2.24, 2.45) is 5.73 Å². The Kier molecular flexibility index (Phi) is 26.2. The fourth-order valence-electron chi connectivity index (χ4n) is 1.41. The third-order valence-electron chi connectivity index (χ3n) is 2.72. The number of carbonyl (C=O) groups excluding carboxylic acids is 3. The van der Waals surface area contributed by atoms with Crippen LogP contribution in [0.15, 0.2) is 12.7 Å². The summed E-state index contributed by atoms with van der Waals surface area (Å²) in [7, 11) is 1.72. The Morgan fingerprint density at radius 3 is 1.81 bits per heavy atom. The van der Waals surface area contributed by atoms with Gasteiger partial charge in [0.1, 0.15) is 5.78 Å². The molecule has 0 aromatic rings. The molecule has 0 heterocycles. The Morgan fingerprint density at radius 1 is 1.12 bits per heavy atom. The molecule has 0 aliphatic carbocycles. The predicted molar refractivity (Wildman–Crippen MR) is 111 cm³/mol. The van der Waals surface area contributed by atoms with Crippen LogP contribution in [0, 0.1) is 0 Å². The van der Waals surface area contributed by atoms with Gasteiger partial charge in [-0.2, -0.15) is 0 Å². The number of primary amides is 1. The summed E-state index contributed by atoms with van der Waals surface area (Å²) >= 11 is 0. The number of hydrogen-bond acceptors (Lipinski definition) is 5. The molecule has 1 atom stereocenters. The molecule has 0 aliphatic heterocycles. The number of nitrogens with two attached hydrogens (primary N) is 1. The Balaban J connectivity index is -0.000000171. The van der Waals surface area contributed by atoms with Crippen molar-refractivity contribution >= 4 is 17.6 Å². The highest BCUT2D eigenvalue weighted by Crippen LogP contribution is 2.07. The SMILES string of the molecule is C=CCC(C)(C)NCC(NC)C(N)=O.CC.CC.CC(=O)CNC(C)=O. The lowest BCUT2D eigenvalue weighted by Crippen LogP contribution is -2.51. The first-order chi connectivity index (χ1) is 12.1. The first-order valence-electron chi connectivity index (χ1n) is 9.12. The number of ketones is 1. The highest BCUT2D eigenvalue weighted by atomic mass is 16.2. The molecule has 0 aromatic carbocycles. The van der Waals surface area contributed by atoms with Crippen LogP contribution in [0.25, 0.3) is 0 Å². The Labute approximate surface area is 160 Å². The molecular formula is C19H42N4O3. The van der Waals surface area contributed by atoms with Crippen LogP contribution in [-0.2, 0) is 14.4 Å². The largest absolute Gasteiger partial charge is 0.368 e. The monoisotopic (exact) mass is 374 g/mol. The van der Waals surface area contributed by atoms with E-state index in [1.54, 1.807) is 7.05 Å². The lowest BCUT2D eigenvalue weighted by atomic mass is 10.0. The van der Waals surface area contributed by atoms with E-state index >= 15 is 0 Å². The topological polar surface area (TPSA) is 113 Å². The van der Waals surface area contributed by atoms with Crippen molar-refractivity contribution in [3.8, 4) is 0 Å². The highest BCUT2D eigenvalue weighted by molar-refractivity contribution is 5.83. The van der Waals surface area contributed by atoms with Crippen LogP contribution in [0.2, 0.25) is 0 Å². The standard InChI is InChI=1S/C10H21N3O.C5H9NO2.2C2H6/c1-5-6-10(2,3)13-7-8(12-4)9(11)14;1-4(7)3-6-5(2)8;2*1-2/h5,8,12-13H,1,6-7H2,2-4H3,(H2,11,14);3H2,1-2H3,(H,6,8);2*1-2H3. The van der Waals surface area contributed by atoms with E-state index in [1.165, 1.54) is 13.8 Å². The molecule has 7 heteroatoms. The van der Waals surface area contributed by atoms with Crippen molar-refractivity contribution in [2.45, 2.75) is 73.4 Å². The van der Waals surface area contributed by atoms with Gasteiger partial charge in [0.2, 0.25) is 11.8 Å². The number of carbonyl (C=O) groups is 3. The summed E-state index contributed by atoms with van der Waals surface area (Å²) in [6.07, 6.45) is 2.70. The summed E-state index contributed by atoms with van der Waals surface area (Å²) < 4.78 is 0.